The van der Waals surface area contributed by atoms with Crippen LogP contribution in [0.1, 0.15) is 38.4 Å². The van der Waals surface area contributed by atoms with Crippen LogP contribution in [0.3, 0.4) is 0 Å². The summed E-state index contributed by atoms with van der Waals surface area (Å²) in [5, 5.41) is 9.24. The van der Waals surface area contributed by atoms with Crippen LogP contribution < -0.4 is 0 Å². The molecule has 7 heteroatoms. The number of methoxy groups -OCH3 is 1. The van der Waals surface area contributed by atoms with Crippen molar-refractivity contribution in [1.82, 2.24) is 9.55 Å². The maximum atomic E-state index is 11.7. The number of nitrogens with zero attached hydrogens (tertiary/aromatic N) is 2. The first-order valence-corrected chi connectivity index (χ1v) is 6.86. The molecule has 106 valence electrons. The van der Waals surface area contributed by atoms with Crippen LogP contribution in [-0.2, 0) is 14.3 Å². The van der Waals surface area contributed by atoms with E-state index in [0.717, 1.165) is 17.5 Å². The van der Waals surface area contributed by atoms with E-state index in [2.05, 4.69) is 4.98 Å². The van der Waals surface area contributed by atoms with E-state index in [1.54, 1.807) is 17.7 Å². The van der Waals surface area contributed by atoms with Crippen molar-refractivity contribution in [2.45, 2.75) is 37.9 Å². The molecule has 1 unspecified atom stereocenters. The number of rotatable bonds is 6. The largest absolute Gasteiger partial charge is 0.481 e. The molecule has 0 aliphatic rings. The van der Waals surface area contributed by atoms with Gasteiger partial charge >= 0.3 is 11.9 Å². The number of ether oxygens (including phenoxy) is 1. The fourth-order valence-corrected chi connectivity index (χ4v) is 2.46. The minimum atomic E-state index is -0.920. The smallest absolute Gasteiger partial charge is 0.328 e. The first-order chi connectivity index (χ1) is 8.88. The summed E-state index contributed by atoms with van der Waals surface area (Å²) in [6.45, 7) is 5.69. The number of carbonyl (C=O) groups is 2. The highest BCUT2D eigenvalue weighted by molar-refractivity contribution is 7.99. The number of carboxylic acid groups (broad SMARTS) is 1. The van der Waals surface area contributed by atoms with Crippen LogP contribution in [0.2, 0.25) is 0 Å². The molecule has 0 aliphatic carbocycles. The Hall–Kier alpha value is -1.50. The quantitative estimate of drug-likeness (QED) is 0.635. The SMILES string of the molecule is COC(=O)C(C)n1c(C(C)C)cnc1SCC(=O)O. The summed E-state index contributed by atoms with van der Waals surface area (Å²) in [7, 11) is 1.33. The van der Waals surface area contributed by atoms with Gasteiger partial charge in [-0.3, -0.25) is 4.79 Å². The van der Waals surface area contributed by atoms with Gasteiger partial charge < -0.3 is 14.4 Å². The number of aromatic nitrogens is 2. The number of aliphatic carboxylic acids is 1. The lowest BCUT2D eigenvalue weighted by molar-refractivity contribution is -0.144. The van der Waals surface area contributed by atoms with E-state index in [1.165, 1.54) is 7.11 Å². The zero-order valence-corrected chi connectivity index (χ0v) is 12.2. The maximum absolute atomic E-state index is 11.7. The second-order valence-electron chi connectivity index (χ2n) is 4.37. The van der Waals surface area contributed by atoms with E-state index < -0.39 is 12.0 Å². The Morgan fingerprint density at radius 3 is 2.58 bits per heavy atom. The predicted octanol–water partition coefficient (Wildman–Crippen LogP) is 1.92. The molecule has 6 nitrogen and oxygen atoms in total. The lowest BCUT2D eigenvalue weighted by Crippen LogP contribution is -2.21. The average molecular weight is 286 g/mol. The third-order valence-corrected chi connectivity index (χ3v) is 3.59. The molecule has 1 aromatic heterocycles. The van der Waals surface area contributed by atoms with Crippen LogP contribution in [0.25, 0.3) is 0 Å². The van der Waals surface area contributed by atoms with Crippen molar-refractivity contribution in [1.29, 1.82) is 0 Å². The van der Waals surface area contributed by atoms with Gasteiger partial charge in [0, 0.05) is 11.9 Å². The number of hydrogen-bond donors (Lipinski definition) is 1. The normalized spacial score (nSPS) is 12.5. The van der Waals surface area contributed by atoms with Gasteiger partial charge in [-0.05, 0) is 12.8 Å². The molecule has 1 aromatic rings. The Bertz CT molecular complexity index is 470. The van der Waals surface area contributed by atoms with Crippen LogP contribution in [0, 0.1) is 0 Å². The highest BCUT2D eigenvalue weighted by atomic mass is 32.2. The number of carbonyl (C=O) groups excluding carboxylic acids is 1. The van der Waals surface area contributed by atoms with E-state index in [9.17, 15) is 9.59 Å². The van der Waals surface area contributed by atoms with Gasteiger partial charge in [0.15, 0.2) is 5.16 Å². The Balaban J connectivity index is 3.11. The van der Waals surface area contributed by atoms with Crippen molar-refractivity contribution in [3.05, 3.63) is 11.9 Å². The molecule has 1 heterocycles. The van der Waals surface area contributed by atoms with Crippen LogP contribution in [0.4, 0.5) is 0 Å². The van der Waals surface area contributed by atoms with E-state index in [4.69, 9.17) is 9.84 Å². The zero-order chi connectivity index (χ0) is 14.6. The van der Waals surface area contributed by atoms with E-state index in [1.807, 2.05) is 13.8 Å². The first kappa shape index (κ1) is 15.6. The molecule has 0 fully saturated rings. The fourth-order valence-electron chi connectivity index (χ4n) is 1.68. The van der Waals surface area contributed by atoms with Crippen LogP contribution in [0.5, 0.6) is 0 Å². The standard InChI is InChI=1S/C12H18N2O4S/c1-7(2)9-5-13-12(19-6-10(15)16)14(9)8(3)11(17)18-4/h5,7-8H,6H2,1-4H3,(H,15,16). The summed E-state index contributed by atoms with van der Waals surface area (Å²) in [6.07, 6.45) is 1.67. The average Bonchev–Trinajstić information content (AvgIpc) is 2.78. The van der Waals surface area contributed by atoms with Crippen molar-refractivity contribution < 1.29 is 19.4 Å². The van der Waals surface area contributed by atoms with Crippen molar-refractivity contribution in [3.8, 4) is 0 Å². The molecule has 1 atom stereocenters. The number of thioether (sulfide) groups is 1. The zero-order valence-electron chi connectivity index (χ0n) is 11.4. The topological polar surface area (TPSA) is 81.4 Å². The molecule has 0 aromatic carbocycles. The second-order valence-corrected chi connectivity index (χ2v) is 5.31. The number of hydrogen-bond acceptors (Lipinski definition) is 5. The van der Waals surface area contributed by atoms with Crippen molar-refractivity contribution >= 4 is 23.7 Å². The Kier molecular flexibility index (Phi) is 5.41. The number of imidazole rings is 1. The predicted molar refractivity (Wildman–Crippen MR) is 71.4 cm³/mol. The second kappa shape index (κ2) is 6.60. The summed E-state index contributed by atoms with van der Waals surface area (Å²) < 4.78 is 6.48. The van der Waals surface area contributed by atoms with Gasteiger partial charge in [-0.15, -0.1) is 0 Å². The fraction of sp³-hybridized carbons (Fsp3) is 0.583. The lowest BCUT2D eigenvalue weighted by Gasteiger charge is -2.18. The number of carboxylic acids is 1. The van der Waals surface area contributed by atoms with Gasteiger partial charge in [0.05, 0.1) is 12.9 Å². The molecule has 19 heavy (non-hydrogen) atoms. The lowest BCUT2D eigenvalue weighted by atomic mass is 10.1. The highest BCUT2D eigenvalue weighted by Gasteiger charge is 2.23. The summed E-state index contributed by atoms with van der Waals surface area (Å²) >= 11 is 1.09. The molecule has 0 saturated carbocycles. The Morgan fingerprint density at radius 1 is 1.47 bits per heavy atom. The summed E-state index contributed by atoms with van der Waals surface area (Å²) in [6, 6.07) is -0.527. The molecule has 1 N–H and O–H groups in total. The molecule has 0 bridgehead atoms. The van der Waals surface area contributed by atoms with Gasteiger partial charge in [-0.2, -0.15) is 0 Å². The summed E-state index contributed by atoms with van der Waals surface area (Å²) in [4.78, 5) is 26.5. The van der Waals surface area contributed by atoms with Gasteiger partial charge in [0.2, 0.25) is 0 Å². The van der Waals surface area contributed by atoms with Crippen LogP contribution in [-0.4, -0.2) is 39.5 Å². The van der Waals surface area contributed by atoms with Crippen LogP contribution in [0.15, 0.2) is 11.4 Å². The highest BCUT2D eigenvalue weighted by Crippen LogP contribution is 2.27. The van der Waals surface area contributed by atoms with Crippen molar-refractivity contribution in [2.24, 2.45) is 0 Å². The van der Waals surface area contributed by atoms with Gasteiger partial charge in [0.25, 0.3) is 0 Å². The van der Waals surface area contributed by atoms with Gasteiger partial charge in [-0.1, -0.05) is 25.6 Å². The van der Waals surface area contributed by atoms with Gasteiger partial charge in [0.1, 0.15) is 6.04 Å². The Labute approximate surface area is 116 Å². The van der Waals surface area contributed by atoms with E-state index in [-0.39, 0.29) is 17.6 Å². The Morgan fingerprint density at radius 2 is 2.11 bits per heavy atom. The maximum Gasteiger partial charge on any atom is 0.328 e. The molecular formula is C12H18N2O4S. The molecule has 0 amide bonds. The third kappa shape index (κ3) is 3.73. The van der Waals surface area contributed by atoms with Gasteiger partial charge in [-0.25, -0.2) is 9.78 Å². The van der Waals surface area contributed by atoms with Crippen LogP contribution >= 0.6 is 11.8 Å². The molecule has 0 aliphatic heterocycles. The summed E-state index contributed by atoms with van der Waals surface area (Å²) in [5.41, 5.74) is 0.880. The van der Waals surface area contributed by atoms with E-state index in [0.29, 0.717) is 5.16 Å². The molecule has 1 rings (SSSR count). The first-order valence-electron chi connectivity index (χ1n) is 5.88. The monoisotopic (exact) mass is 286 g/mol. The number of esters is 1. The van der Waals surface area contributed by atoms with E-state index >= 15 is 0 Å². The summed E-state index contributed by atoms with van der Waals surface area (Å²) in [5.74, 6) is -1.21. The molecular weight excluding hydrogens is 268 g/mol. The third-order valence-electron chi connectivity index (χ3n) is 2.64. The van der Waals surface area contributed by atoms with Crippen molar-refractivity contribution in [2.75, 3.05) is 12.9 Å². The minimum absolute atomic E-state index is 0.0948. The van der Waals surface area contributed by atoms with Crippen molar-refractivity contribution in [3.63, 3.8) is 0 Å². The molecule has 0 radical (unpaired) electrons. The molecule has 0 spiro atoms. The molecule has 0 saturated heterocycles. The minimum Gasteiger partial charge on any atom is -0.481 e.